The third-order valence-corrected chi connectivity index (χ3v) is 4.77. The molecule has 0 saturated carbocycles. The molecule has 0 aliphatic carbocycles. The maximum atomic E-state index is 12.9. The van der Waals surface area contributed by atoms with Gasteiger partial charge < -0.3 is 9.84 Å². The molecule has 31 heavy (non-hydrogen) atoms. The second-order valence-electron chi connectivity index (χ2n) is 6.00. The predicted octanol–water partition coefficient (Wildman–Crippen LogP) is 2.55. The zero-order valence-corrected chi connectivity index (χ0v) is 16.5. The number of nitrogens with one attached hydrogen (secondary N) is 1. The molecule has 1 heterocycles. The number of nitro benzene ring substituents is 1. The molecule has 3 rings (SSSR count). The fraction of sp³-hybridized carbons (Fsp3) is 0.0526. The fourth-order valence-corrected chi connectivity index (χ4v) is 3.26. The average molecular weight is 440 g/mol. The molecule has 2 aromatic rings. The molecule has 2 N–H and O–H groups in total. The molecule has 4 amide bonds. The van der Waals surface area contributed by atoms with Crippen molar-refractivity contribution in [2.75, 3.05) is 12.0 Å². The Morgan fingerprint density at radius 3 is 2.68 bits per heavy atom. The van der Waals surface area contributed by atoms with Gasteiger partial charge in [-0.15, -0.1) is 0 Å². The number of imide groups is 2. The number of benzene rings is 2. The molecule has 0 atom stereocenters. The number of amides is 4. The summed E-state index contributed by atoms with van der Waals surface area (Å²) in [6.45, 7) is 0. The number of hydrogen-bond acceptors (Lipinski definition) is 9. The van der Waals surface area contributed by atoms with Crippen LogP contribution in [0.25, 0.3) is 6.08 Å². The van der Waals surface area contributed by atoms with Gasteiger partial charge in [0.2, 0.25) is 0 Å². The number of ether oxygens (including phenoxy) is 1. The summed E-state index contributed by atoms with van der Waals surface area (Å²) in [6, 6.07) is 6.45. The van der Waals surface area contributed by atoms with E-state index in [9.17, 15) is 29.6 Å². The van der Waals surface area contributed by atoms with E-state index in [1.54, 1.807) is 5.40 Å². The number of barbiturate groups is 1. The number of carbonyl (C=O) groups is 3. The highest BCUT2D eigenvalue weighted by Gasteiger charge is 2.37. The summed E-state index contributed by atoms with van der Waals surface area (Å²) < 4.78 is 5.04. The fourth-order valence-electron chi connectivity index (χ4n) is 2.77. The van der Waals surface area contributed by atoms with Crippen molar-refractivity contribution in [3.05, 3.63) is 57.6 Å². The number of nitrogens with zero attached hydrogens (tertiary/aromatic N) is 3. The predicted molar refractivity (Wildman–Crippen MR) is 108 cm³/mol. The van der Waals surface area contributed by atoms with Crippen LogP contribution in [-0.4, -0.2) is 35.0 Å². The Balaban J connectivity index is 2.08. The van der Waals surface area contributed by atoms with Crippen molar-refractivity contribution in [1.29, 1.82) is 5.26 Å². The minimum atomic E-state index is -1.06. The summed E-state index contributed by atoms with van der Waals surface area (Å²) in [5, 5.41) is 33.8. The van der Waals surface area contributed by atoms with Gasteiger partial charge in [-0.1, -0.05) is 6.07 Å². The summed E-state index contributed by atoms with van der Waals surface area (Å²) >= 11 is 0.644. The molecule has 1 aliphatic heterocycles. The molecule has 156 valence electrons. The molecule has 1 saturated heterocycles. The third kappa shape index (κ3) is 4.16. The van der Waals surface area contributed by atoms with Crippen LogP contribution >= 0.6 is 11.8 Å². The highest BCUT2D eigenvalue weighted by Crippen LogP contribution is 2.38. The molecule has 0 spiro atoms. The van der Waals surface area contributed by atoms with Crippen LogP contribution in [0, 0.1) is 20.8 Å². The van der Waals surface area contributed by atoms with E-state index in [2.05, 4.69) is 0 Å². The number of thiocyanates is 1. The van der Waals surface area contributed by atoms with Crippen LogP contribution in [-0.2, 0) is 9.59 Å². The molecule has 0 radical (unpaired) electrons. The first-order valence-electron chi connectivity index (χ1n) is 8.39. The number of methoxy groups -OCH3 is 1. The Morgan fingerprint density at radius 1 is 1.29 bits per heavy atom. The normalized spacial score (nSPS) is 14.9. The Morgan fingerprint density at radius 2 is 2.03 bits per heavy atom. The lowest BCUT2D eigenvalue weighted by Gasteiger charge is -2.26. The molecular formula is C19H12N4O7S. The number of rotatable bonds is 5. The second kappa shape index (κ2) is 8.56. The monoisotopic (exact) mass is 440 g/mol. The van der Waals surface area contributed by atoms with Gasteiger partial charge in [0.25, 0.3) is 17.5 Å². The maximum Gasteiger partial charge on any atom is 0.335 e. The van der Waals surface area contributed by atoms with Crippen LogP contribution in [0.5, 0.6) is 11.5 Å². The van der Waals surface area contributed by atoms with Crippen LogP contribution < -0.4 is 15.0 Å². The zero-order valence-electron chi connectivity index (χ0n) is 15.7. The Kier molecular flexibility index (Phi) is 5.89. The molecule has 0 aromatic heterocycles. The van der Waals surface area contributed by atoms with E-state index in [1.807, 2.05) is 5.32 Å². The van der Waals surface area contributed by atoms with Gasteiger partial charge in [0, 0.05) is 12.1 Å². The smallest absolute Gasteiger partial charge is 0.335 e. The number of non-ortho nitro benzene ring substituents is 1. The van der Waals surface area contributed by atoms with Gasteiger partial charge >= 0.3 is 6.03 Å². The summed E-state index contributed by atoms with van der Waals surface area (Å²) in [4.78, 5) is 48.6. The van der Waals surface area contributed by atoms with Crippen LogP contribution in [0.15, 0.2) is 46.9 Å². The highest BCUT2D eigenvalue weighted by atomic mass is 32.2. The van der Waals surface area contributed by atoms with Gasteiger partial charge in [-0.25, -0.2) is 9.69 Å². The molecule has 0 bridgehead atoms. The Labute approximate surface area is 178 Å². The van der Waals surface area contributed by atoms with Crippen molar-refractivity contribution in [3.8, 4) is 16.9 Å². The van der Waals surface area contributed by atoms with E-state index in [0.717, 1.165) is 12.1 Å². The van der Waals surface area contributed by atoms with E-state index >= 15 is 0 Å². The van der Waals surface area contributed by atoms with Crippen LogP contribution in [0.3, 0.4) is 0 Å². The summed E-state index contributed by atoms with van der Waals surface area (Å²) in [5.41, 5.74) is -0.646. The van der Waals surface area contributed by atoms with Crippen LogP contribution in [0.1, 0.15) is 5.56 Å². The van der Waals surface area contributed by atoms with Crippen molar-refractivity contribution in [2.24, 2.45) is 0 Å². The van der Waals surface area contributed by atoms with Gasteiger partial charge in [0.05, 0.1) is 22.6 Å². The summed E-state index contributed by atoms with van der Waals surface area (Å²) in [7, 11) is 1.29. The molecule has 12 heteroatoms. The lowest BCUT2D eigenvalue weighted by molar-refractivity contribution is -0.384. The summed E-state index contributed by atoms with van der Waals surface area (Å²) in [5.74, 6) is -2.26. The Bertz CT molecular complexity index is 1200. The summed E-state index contributed by atoms with van der Waals surface area (Å²) in [6.07, 6.45) is 1.15. The van der Waals surface area contributed by atoms with Crippen LogP contribution in [0.2, 0.25) is 0 Å². The first kappa shape index (κ1) is 21.3. The van der Waals surface area contributed by atoms with Crippen molar-refractivity contribution in [2.45, 2.75) is 4.90 Å². The highest BCUT2D eigenvalue weighted by molar-refractivity contribution is 8.03. The van der Waals surface area contributed by atoms with Crippen molar-refractivity contribution in [3.63, 3.8) is 0 Å². The van der Waals surface area contributed by atoms with Gasteiger partial charge in [-0.3, -0.25) is 25.0 Å². The number of phenolic OH excluding ortho intramolecular Hbond substituents is 1. The van der Waals surface area contributed by atoms with E-state index in [-0.39, 0.29) is 33.3 Å². The quantitative estimate of drug-likeness (QED) is 0.178. The third-order valence-electron chi connectivity index (χ3n) is 4.15. The first-order valence-corrected chi connectivity index (χ1v) is 9.21. The number of nitriles is 1. The second-order valence-corrected chi connectivity index (χ2v) is 6.82. The molecule has 1 aliphatic rings. The van der Waals surface area contributed by atoms with Gasteiger partial charge in [-0.05, 0) is 41.6 Å². The van der Waals surface area contributed by atoms with Crippen LogP contribution in [0.4, 0.5) is 16.2 Å². The topological polar surface area (TPSA) is 163 Å². The number of phenols is 1. The number of anilines is 1. The van der Waals surface area contributed by atoms with Gasteiger partial charge in [0.1, 0.15) is 11.0 Å². The zero-order chi connectivity index (χ0) is 22.7. The van der Waals surface area contributed by atoms with E-state index in [1.165, 1.54) is 37.4 Å². The standard InChI is InChI=1S/C19H12N4O7S/c1-30-14-6-10(7-15(16(14)24)31-9-20)5-13-17(25)21-19(27)22(18(13)26)11-3-2-4-12(8-11)23(28)29/h2-8,24H,1H3,(H,21,25,27)/b13-5-. The van der Waals surface area contributed by atoms with Crippen molar-refractivity contribution < 1.29 is 29.2 Å². The lowest BCUT2D eigenvalue weighted by Crippen LogP contribution is -2.54. The average Bonchev–Trinajstić information content (AvgIpc) is 2.73. The van der Waals surface area contributed by atoms with Gasteiger partial charge in [-0.2, -0.15) is 5.26 Å². The van der Waals surface area contributed by atoms with E-state index < -0.39 is 28.3 Å². The van der Waals surface area contributed by atoms with Gasteiger partial charge in [0.15, 0.2) is 11.5 Å². The molecular weight excluding hydrogens is 428 g/mol. The Hall–Kier alpha value is -4.37. The van der Waals surface area contributed by atoms with E-state index in [4.69, 9.17) is 10.00 Å². The molecule has 1 fully saturated rings. The SMILES string of the molecule is COc1cc(/C=C2/C(=O)NC(=O)N(c3cccc([N+](=O)[O-])c3)C2=O)cc(SC#N)c1O. The van der Waals surface area contributed by atoms with Crippen molar-refractivity contribution >= 4 is 47.1 Å². The molecule has 2 aromatic carbocycles. The molecule has 0 unspecified atom stereocenters. The minimum absolute atomic E-state index is 0.00221. The minimum Gasteiger partial charge on any atom is -0.503 e. The van der Waals surface area contributed by atoms with Crippen molar-refractivity contribution in [1.82, 2.24) is 5.32 Å². The first-order chi connectivity index (χ1) is 14.8. The number of carbonyl (C=O) groups excluding carboxylic acids is 3. The number of aromatic hydroxyl groups is 1. The number of urea groups is 1. The number of thioether (sulfide) groups is 1. The number of nitro groups is 1. The molecule has 11 nitrogen and oxygen atoms in total. The van der Waals surface area contributed by atoms with E-state index in [0.29, 0.717) is 16.7 Å². The maximum absolute atomic E-state index is 12.9. The lowest BCUT2D eigenvalue weighted by atomic mass is 10.1. The number of hydrogen-bond donors (Lipinski definition) is 2. The largest absolute Gasteiger partial charge is 0.503 e.